The Morgan fingerprint density at radius 3 is 2.45 bits per heavy atom. The van der Waals surface area contributed by atoms with Crippen molar-refractivity contribution in [2.24, 2.45) is 0 Å². The molecule has 0 bridgehead atoms. The van der Waals surface area contributed by atoms with Crippen molar-refractivity contribution >= 4 is 33.0 Å². The number of carbonyl (C=O) groups is 1. The second kappa shape index (κ2) is 6.89. The number of hydrogen-bond acceptors (Lipinski definition) is 3. The molecule has 0 atom stereocenters. The minimum Gasteiger partial charge on any atom is -0.324 e. The standard InChI is InChI=1S/C15H13ClFNO3S/c16-11-6-7-14(13(17)10-11)18-15(19)8-9-22(20,21)12-4-2-1-3-5-12/h1-7,10H,8-9H2,(H,18,19). The molecule has 0 radical (unpaired) electrons. The molecule has 0 fully saturated rings. The molecule has 22 heavy (non-hydrogen) atoms. The van der Waals surface area contributed by atoms with Crippen molar-refractivity contribution in [3.05, 3.63) is 59.4 Å². The zero-order chi connectivity index (χ0) is 16.2. The first-order valence-electron chi connectivity index (χ1n) is 6.41. The Morgan fingerprint density at radius 2 is 1.82 bits per heavy atom. The van der Waals surface area contributed by atoms with Gasteiger partial charge >= 0.3 is 0 Å². The highest BCUT2D eigenvalue weighted by atomic mass is 35.5. The van der Waals surface area contributed by atoms with E-state index < -0.39 is 21.6 Å². The van der Waals surface area contributed by atoms with Gasteiger partial charge in [0.2, 0.25) is 5.91 Å². The number of anilines is 1. The van der Waals surface area contributed by atoms with E-state index in [0.717, 1.165) is 6.07 Å². The minimum absolute atomic E-state index is 0.0356. The maximum absolute atomic E-state index is 13.5. The number of halogens is 2. The van der Waals surface area contributed by atoms with E-state index >= 15 is 0 Å². The van der Waals surface area contributed by atoms with Gasteiger partial charge in [0.25, 0.3) is 0 Å². The largest absolute Gasteiger partial charge is 0.324 e. The van der Waals surface area contributed by atoms with Gasteiger partial charge in [-0.3, -0.25) is 4.79 Å². The summed E-state index contributed by atoms with van der Waals surface area (Å²) in [4.78, 5) is 11.9. The molecule has 0 aliphatic carbocycles. The molecule has 2 aromatic carbocycles. The Labute approximate surface area is 132 Å². The third-order valence-electron chi connectivity index (χ3n) is 2.91. The van der Waals surface area contributed by atoms with E-state index in [4.69, 9.17) is 11.6 Å². The second-order valence-corrected chi connectivity index (χ2v) is 7.10. The van der Waals surface area contributed by atoms with Crippen LogP contribution in [0.2, 0.25) is 5.02 Å². The predicted octanol–water partition coefficient (Wildman–Crippen LogP) is 3.28. The lowest BCUT2D eigenvalue weighted by Gasteiger charge is -2.07. The topological polar surface area (TPSA) is 63.2 Å². The molecule has 0 aromatic heterocycles. The van der Waals surface area contributed by atoms with E-state index in [0.29, 0.717) is 0 Å². The maximum Gasteiger partial charge on any atom is 0.225 e. The van der Waals surface area contributed by atoms with Crippen LogP contribution in [0.4, 0.5) is 10.1 Å². The highest BCUT2D eigenvalue weighted by Crippen LogP contribution is 2.19. The molecule has 116 valence electrons. The van der Waals surface area contributed by atoms with Crippen LogP contribution < -0.4 is 5.32 Å². The Morgan fingerprint density at radius 1 is 1.14 bits per heavy atom. The van der Waals surface area contributed by atoms with E-state index in [1.54, 1.807) is 18.2 Å². The summed E-state index contributed by atoms with van der Waals surface area (Å²) >= 11 is 5.61. The van der Waals surface area contributed by atoms with Crippen molar-refractivity contribution in [2.75, 3.05) is 11.1 Å². The van der Waals surface area contributed by atoms with Crippen LogP contribution in [-0.2, 0) is 14.6 Å². The van der Waals surface area contributed by atoms with Gasteiger partial charge in [-0.05, 0) is 30.3 Å². The molecule has 0 heterocycles. The van der Waals surface area contributed by atoms with E-state index in [2.05, 4.69) is 5.32 Å². The van der Waals surface area contributed by atoms with Gasteiger partial charge in [-0.2, -0.15) is 0 Å². The lowest BCUT2D eigenvalue weighted by atomic mass is 10.3. The summed E-state index contributed by atoms with van der Waals surface area (Å²) in [5.41, 5.74) is -0.0356. The average molecular weight is 342 g/mol. The van der Waals surface area contributed by atoms with Gasteiger partial charge in [0.1, 0.15) is 5.82 Å². The van der Waals surface area contributed by atoms with Crippen molar-refractivity contribution in [1.29, 1.82) is 0 Å². The van der Waals surface area contributed by atoms with Crippen LogP contribution >= 0.6 is 11.6 Å². The summed E-state index contributed by atoms with van der Waals surface area (Å²) < 4.78 is 37.6. The van der Waals surface area contributed by atoms with Gasteiger partial charge in [0, 0.05) is 11.4 Å². The van der Waals surface area contributed by atoms with Gasteiger partial charge in [-0.25, -0.2) is 12.8 Å². The van der Waals surface area contributed by atoms with E-state index in [9.17, 15) is 17.6 Å². The molecular formula is C15H13ClFNO3S. The maximum atomic E-state index is 13.5. The Hall–Kier alpha value is -1.92. The molecule has 1 N–H and O–H groups in total. The minimum atomic E-state index is -3.54. The summed E-state index contributed by atoms with van der Waals surface area (Å²) in [5, 5.41) is 2.53. The molecule has 0 saturated carbocycles. The lowest BCUT2D eigenvalue weighted by molar-refractivity contribution is -0.115. The fourth-order valence-corrected chi connectivity index (χ4v) is 3.20. The van der Waals surface area contributed by atoms with Gasteiger partial charge in [-0.15, -0.1) is 0 Å². The fraction of sp³-hybridized carbons (Fsp3) is 0.133. The summed E-state index contributed by atoms with van der Waals surface area (Å²) in [6, 6.07) is 11.7. The zero-order valence-electron chi connectivity index (χ0n) is 11.4. The number of carbonyl (C=O) groups excluding carboxylic acids is 1. The average Bonchev–Trinajstić information content (AvgIpc) is 2.49. The van der Waals surface area contributed by atoms with Crippen LogP contribution in [0.1, 0.15) is 6.42 Å². The predicted molar refractivity (Wildman–Crippen MR) is 83.2 cm³/mol. The summed E-state index contributed by atoms with van der Waals surface area (Å²) in [6.45, 7) is 0. The van der Waals surface area contributed by atoms with Gasteiger partial charge in [0.15, 0.2) is 9.84 Å². The highest BCUT2D eigenvalue weighted by Gasteiger charge is 2.16. The Kier molecular flexibility index (Phi) is 5.15. The van der Waals surface area contributed by atoms with Crippen molar-refractivity contribution in [3.63, 3.8) is 0 Å². The first-order chi connectivity index (χ1) is 10.4. The van der Waals surface area contributed by atoms with Crippen molar-refractivity contribution in [1.82, 2.24) is 0 Å². The summed E-state index contributed by atoms with van der Waals surface area (Å²) in [6.07, 6.45) is -0.265. The number of benzene rings is 2. The van der Waals surface area contributed by atoms with Crippen molar-refractivity contribution in [2.45, 2.75) is 11.3 Å². The number of rotatable bonds is 5. The number of nitrogens with one attached hydrogen (secondary N) is 1. The molecular weight excluding hydrogens is 329 g/mol. The molecule has 0 saturated heterocycles. The van der Waals surface area contributed by atoms with Crippen LogP contribution in [0, 0.1) is 5.82 Å². The van der Waals surface area contributed by atoms with Crippen LogP contribution in [0.5, 0.6) is 0 Å². The van der Waals surface area contributed by atoms with Crippen LogP contribution in [-0.4, -0.2) is 20.1 Å². The quantitative estimate of drug-likeness (QED) is 0.907. The molecule has 4 nitrogen and oxygen atoms in total. The SMILES string of the molecule is O=C(CCS(=O)(=O)c1ccccc1)Nc1ccc(Cl)cc1F. The molecule has 2 aromatic rings. The molecule has 7 heteroatoms. The van der Waals surface area contributed by atoms with Crippen LogP contribution in [0.15, 0.2) is 53.4 Å². The molecule has 1 amide bonds. The molecule has 0 spiro atoms. The number of hydrogen-bond donors (Lipinski definition) is 1. The fourth-order valence-electron chi connectivity index (χ4n) is 1.78. The van der Waals surface area contributed by atoms with Crippen LogP contribution in [0.3, 0.4) is 0 Å². The third kappa shape index (κ3) is 4.29. The molecule has 0 aliphatic rings. The normalized spacial score (nSPS) is 11.2. The molecule has 2 rings (SSSR count). The molecule has 0 unspecified atom stereocenters. The van der Waals surface area contributed by atoms with E-state index in [1.807, 2.05) is 0 Å². The summed E-state index contributed by atoms with van der Waals surface area (Å²) in [5.74, 6) is -1.61. The van der Waals surface area contributed by atoms with Gasteiger partial charge in [0.05, 0.1) is 16.3 Å². The third-order valence-corrected chi connectivity index (χ3v) is 4.87. The Bertz CT molecular complexity index is 779. The molecule has 0 aliphatic heterocycles. The van der Waals surface area contributed by atoms with Crippen molar-refractivity contribution in [3.8, 4) is 0 Å². The zero-order valence-corrected chi connectivity index (χ0v) is 13.0. The monoisotopic (exact) mass is 341 g/mol. The first-order valence-corrected chi connectivity index (χ1v) is 8.44. The summed E-state index contributed by atoms with van der Waals surface area (Å²) in [7, 11) is -3.54. The number of sulfone groups is 1. The van der Waals surface area contributed by atoms with Gasteiger partial charge in [-0.1, -0.05) is 29.8 Å². The van der Waals surface area contributed by atoms with E-state index in [1.165, 1.54) is 24.3 Å². The van der Waals surface area contributed by atoms with Gasteiger partial charge < -0.3 is 5.32 Å². The second-order valence-electron chi connectivity index (χ2n) is 4.55. The highest BCUT2D eigenvalue weighted by molar-refractivity contribution is 7.91. The number of amides is 1. The van der Waals surface area contributed by atoms with E-state index in [-0.39, 0.29) is 27.8 Å². The smallest absolute Gasteiger partial charge is 0.225 e. The Balaban J connectivity index is 1.98. The lowest BCUT2D eigenvalue weighted by Crippen LogP contribution is -2.18. The van der Waals surface area contributed by atoms with Crippen molar-refractivity contribution < 1.29 is 17.6 Å². The van der Waals surface area contributed by atoms with Crippen LogP contribution in [0.25, 0.3) is 0 Å². The first kappa shape index (κ1) is 16.5.